The second-order valence-electron chi connectivity index (χ2n) is 9.49. The number of unbranched alkanes of at least 4 members (excludes halogenated alkanes) is 2. The van der Waals surface area contributed by atoms with Crippen molar-refractivity contribution in [2.45, 2.75) is 85.1 Å². The number of aliphatic carboxylic acids is 1. The third kappa shape index (κ3) is 11.6. The van der Waals surface area contributed by atoms with Gasteiger partial charge in [-0.1, -0.05) is 53.5 Å². The van der Waals surface area contributed by atoms with Crippen LogP contribution in [0, 0.1) is 11.8 Å². The van der Waals surface area contributed by atoms with E-state index in [1.807, 2.05) is 27.7 Å². The predicted molar refractivity (Wildman–Crippen MR) is 136 cm³/mol. The largest absolute Gasteiger partial charge is 0.508 e. The quantitative estimate of drug-likeness (QED) is 0.228. The molecule has 1 aromatic carbocycles. The van der Waals surface area contributed by atoms with Crippen molar-refractivity contribution in [3.8, 4) is 11.5 Å². The number of ether oxygens (including phenoxy) is 4. The molecule has 1 aromatic rings. The van der Waals surface area contributed by atoms with E-state index in [-0.39, 0.29) is 43.5 Å². The van der Waals surface area contributed by atoms with Crippen LogP contribution in [-0.4, -0.2) is 48.4 Å². The number of rotatable bonds is 16. The predicted octanol–water partition coefficient (Wildman–Crippen LogP) is 4.82. The molecule has 0 saturated heterocycles. The van der Waals surface area contributed by atoms with Gasteiger partial charge in [0.15, 0.2) is 11.5 Å². The van der Waals surface area contributed by atoms with Gasteiger partial charge in [0.1, 0.15) is 6.04 Å². The van der Waals surface area contributed by atoms with E-state index in [9.17, 15) is 24.3 Å². The number of carbonyl (C=O) groups excluding carboxylic acids is 3. The lowest BCUT2D eigenvalue weighted by Gasteiger charge is -2.28. The smallest absolute Gasteiger partial charge is 0.480 e. The third-order valence-electron chi connectivity index (χ3n) is 5.55. The third-order valence-corrected chi connectivity index (χ3v) is 5.55. The van der Waals surface area contributed by atoms with Crippen LogP contribution in [0.5, 0.6) is 11.5 Å². The Bertz CT molecular complexity index is 900. The van der Waals surface area contributed by atoms with Crippen LogP contribution in [0.25, 0.3) is 0 Å². The first kappa shape index (κ1) is 31.9. The van der Waals surface area contributed by atoms with E-state index in [2.05, 4.69) is 0 Å². The van der Waals surface area contributed by atoms with E-state index in [4.69, 9.17) is 24.7 Å². The second-order valence-corrected chi connectivity index (χ2v) is 9.49. The van der Waals surface area contributed by atoms with Crippen LogP contribution in [0.2, 0.25) is 0 Å². The lowest BCUT2D eigenvalue weighted by Crippen LogP contribution is -2.40. The van der Waals surface area contributed by atoms with E-state index < -0.39 is 41.9 Å². The molecule has 0 aliphatic heterocycles. The van der Waals surface area contributed by atoms with Gasteiger partial charge in [-0.25, -0.2) is 4.79 Å². The number of nitrogens with two attached hydrogens (primary N) is 1. The molecule has 0 radical (unpaired) electrons. The molecule has 0 aliphatic carbocycles. The first-order chi connectivity index (χ1) is 17.5. The summed E-state index contributed by atoms with van der Waals surface area (Å²) < 4.78 is 21.1. The zero-order valence-electron chi connectivity index (χ0n) is 22.5. The highest BCUT2D eigenvalue weighted by atomic mass is 16.7. The Morgan fingerprint density at radius 1 is 0.865 bits per heavy atom. The molecule has 3 N–H and O–H groups in total. The molecule has 0 bridgehead atoms. The molecule has 1 rings (SSSR count). The minimum Gasteiger partial charge on any atom is -0.480 e. The van der Waals surface area contributed by atoms with Crippen LogP contribution in [0.4, 0.5) is 4.79 Å². The van der Waals surface area contributed by atoms with Crippen molar-refractivity contribution in [2.24, 2.45) is 17.6 Å². The Morgan fingerprint density at radius 2 is 1.41 bits per heavy atom. The topological polar surface area (TPSA) is 151 Å². The van der Waals surface area contributed by atoms with E-state index in [0.29, 0.717) is 18.4 Å². The van der Waals surface area contributed by atoms with E-state index >= 15 is 0 Å². The average molecular weight is 524 g/mol. The highest BCUT2D eigenvalue weighted by Gasteiger charge is 2.33. The van der Waals surface area contributed by atoms with Crippen LogP contribution in [-0.2, 0) is 23.9 Å². The molecular weight excluding hydrogens is 482 g/mol. The SMILES string of the molecule is CCCCC(=O)Oc1ccc(C(C(C)COC(=O)OCC(C)C)[C@H](N)C(=O)O)cc1OC(=O)CCCC. The van der Waals surface area contributed by atoms with Gasteiger partial charge < -0.3 is 29.8 Å². The van der Waals surface area contributed by atoms with Gasteiger partial charge in [0.2, 0.25) is 0 Å². The van der Waals surface area contributed by atoms with Crippen molar-refractivity contribution in [1.82, 2.24) is 0 Å². The highest BCUT2D eigenvalue weighted by molar-refractivity contribution is 5.77. The zero-order valence-corrected chi connectivity index (χ0v) is 22.5. The Kier molecular flexibility index (Phi) is 14.3. The van der Waals surface area contributed by atoms with Crippen molar-refractivity contribution in [1.29, 1.82) is 0 Å². The monoisotopic (exact) mass is 523 g/mol. The molecule has 10 heteroatoms. The van der Waals surface area contributed by atoms with E-state index in [0.717, 1.165) is 12.8 Å². The molecule has 0 spiro atoms. The minimum absolute atomic E-state index is 0.00417. The lowest BCUT2D eigenvalue weighted by atomic mass is 9.82. The summed E-state index contributed by atoms with van der Waals surface area (Å²) in [5.41, 5.74) is 6.45. The fraction of sp³-hybridized carbons (Fsp3) is 0.630. The fourth-order valence-corrected chi connectivity index (χ4v) is 3.51. The summed E-state index contributed by atoms with van der Waals surface area (Å²) in [7, 11) is 0. The van der Waals surface area contributed by atoms with Crippen LogP contribution < -0.4 is 15.2 Å². The van der Waals surface area contributed by atoms with Crippen molar-refractivity contribution in [3.05, 3.63) is 23.8 Å². The summed E-state index contributed by atoms with van der Waals surface area (Å²) in [5.74, 6) is -3.42. The molecule has 0 aromatic heterocycles. The van der Waals surface area contributed by atoms with Gasteiger partial charge in [-0.2, -0.15) is 0 Å². The number of hydrogen-bond acceptors (Lipinski definition) is 9. The van der Waals surface area contributed by atoms with Crippen LogP contribution >= 0.6 is 0 Å². The molecular formula is C27H41NO9. The molecule has 0 aliphatic rings. The van der Waals surface area contributed by atoms with Crippen LogP contribution in [0.3, 0.4) is 0 Å². The van der Waals surface area contributed by atoms with Crippen molar-refractivity contribution < 1.29 is 43.2 Å². The molecule has 0 heterocycles. The first-order valence-electron chi connectivity index (χ1n) is 12.8. The summed E-state index contributed by atoms with van der Waals surface area (Å²) in [6.45, 7) is 9.39. The summed E-state index contributed by atoms with van der Waals surface area (Å²) >= 11 is 0. The maximum Gasteiger partial charge on any atom is 0.508 e. The Morgan fingerprint density at radius 3 is 1.92 bits per heavy atom. The number of esters is 2. The Labute approximate surface area is 218 Å². The molecule has 2 unspecified atom stereocenters. The van der Waals surface area contributed by atoms with Gasteiger partial charge >= 0.3 is 24.1 Å². The molecule has 10 nitrogen and oxygen atoms in total. The Balaban J connectivity index is 3.25. The number of carboxylic acid groups (broad SMARTS) is 1. The summed E-state index contributed by atoms with van der Waals surface area (Å²) in [6.07, 6.45) is 2.39. The minimum atomic E-state index is -1.35. The van der Waals surface area contributed by atoms with Crippen LogP contribution in [0.1, 0.15) is 84.6 Å². The lowest BCUT2D eigenvalue weighted by molar-refractivity contribution is -0.139. The standard InChI is InChI=1S/C27H41NO9/c1-6-8-10-22(29)36-20-13-12-19(14-21(20)37-23(30)11-9-7-2)24(25(28)26(31)32)18(5)16-35-27(33)34-15-17(3)4/h12-14,17-18,24-25H,6-11,15-16,28H2,1-5H3,(H,31,32)/t18?,24?,25-/m0/s1. The van der Waals surface area contributed by atoms with Crippen LogP contribution in [0.15, 0.2) is 18.2 Å². The molecule has 0 fully saturated rings. The zero-order chi connectivity index (χ0) is 28.0. The van der Waals surface area contributed by atoms with Gasteiger partial charge in [0.25, 0.3) is 0 Å². The molecule has 0 amide bonds. The number of carbonyl (C=O) groups is 4. The highest BCUT2D eigenvalue weighted by Crippen LogP contribution is 2.36. The van der Waals surface area contributed by atoms with Crippen molar-refractivity contribution in [2.75, 3.05) is 13.2 Å². The normalized spacial score (nSPS) is 13.4. The van der Waals surface area contributed by atoms with Gasteiger partial charge in [-0.05, 0) is 42.4 Å². The average Bonchev–Trinajstić information content (AvgIpc) is 2.85. The molecule has 37 heavy (non-hydrogen) atoms. The second kappa shape index (κ2) is 16.6. The maximum absolute atomic E-state index is 12.4. The number of carboxylic acids is 1. The van der Waals surface area contributed by atoms with E-state index in [1.165, 1.54) is 12.1 Å². The molecule has 208 valence electrons. The first-order valence-corrected chi connectivity index (χ1v) is 12.8. The molecule has 0 saturated carbocycles. The van der Waals surface area contributed by atoms with Crippen molar-refractivity contribution in [3.63, 3.8) is 0 Å². The van der Waals surface area contributed by atoms with Gasteiger partial charge in [-0.3, -0.25) is 14.4 Å². The summed E-state index contributed by atoms with van der Waals surface area (Å²) in [4.78, 5) is 48.3. The van der Waals surface area contributed by atoms with Gasteiger partial charge in [0, 0.05) is 18.8 Å². The summed E-state index contributed by atoms with van der Waals surface area (Å²) in [5, 5.41) is 9.64. The number of hydrogen-bond donors (Lipinski definition) is 2. The van der Waals surface area contributed by atoms with E-state index in [1.54, 1.807) is 13.0 Å². The fourth-order valence-electron chi connectivity index (χ4n) is 3.51. The van der Waals surface area contributed by atoms with Crippen molar-refractivity contribution >= 4 is 24.1 Å². The number of benzene rings is 1. The maximum atomic E-state index is 12.4. The van der Waals surface area contributed by atoms with Gasteiger partial charge in [-0.15, -0.1) is 0 Å². The Hall–Kier alpha value is -3.14. The van der Waals surface area contributed by atoms with Gasteiger partial charge in [0.05, 0.1) is 13.2 Å². The summed E-state index contributed by atoms with van der Waals surface area (Å²) in [6, 6.07) is 3.11. The molecule has 3 atom stereocenters.